The van der Waals surface area contributed by atoms with Crippen LogP contribution < -0.4 is 11.1 Å². The van der Waals surface area contributed by atoms with E-state index in [0.717, 1.165) is 28.8 Å². The van der Waals surface area contributed by atoms with E-state index >= 15 is 0 Å². The standard InChI is InChI=1S/C13H20BrN3O/c1-8-11(15)6-17-13(12(8)14)16-5-9-3-2-4-10(9)7-18/h6,9-10,18H,2-5,7,15H2,1H3,(H,16,17). The number of nitrogens with one attached hydrogen (secondary N) is 1. The van der Waals surface area contributed by atoms with Gasteiger partial charge in [-0.2, -0.15) is 0 Å². The molecule has 0 radical (unpaired) electrons. The number of nitrogen functional groups attached to an aromatic ring is 1. The van der Waals surface area contributed by atoms with Crippen LogP contribution in [0.15, 0.2) is 10.7 Å². The lowest BCUT2D eigenvalue weighted by atomic mass is 9.97. The minimum atomic E-state index is 0.293. The zero-order valence-corrected chi connectivity index (χ0v) is 12.2. The lowest BCUT2D eigenvalue weighted by molar-refractivity contribution is 0.199. The van der Waals surface area contributed by atoms with Gasteiger partial charge >= 0.3 is 0 Å². The number of hydrogen-bond donors (Lipinski definition) is 3. The predicted octanol–water partition coefficient (Wildman–Crippen LogP) is 2.56. The Labute approximate surface area is 116 Å². The van der Waals surface area contributed by atoms with Crippen LogP contribution in [0.25, 0.3) is 0 Å². The largest absolute Gasteiger partial charge is 0.397 e. The fourth-order valence-corrected chi connectivity index (χ4v) is 3.04. The normalized spacial score (nSPS) is 23.3. The topological polar surface area (TPSA) is 71.2 Å². The molecular weight excluding hydrogens is 294 g/mol. The summed E-state index contributed by atoms with van der Waals surface area (Å²) in [5.74, 6) is 1.82. The van der Waals surface area contributed by atoms with E-state index in [2.05, 4.69) is 26.2 Å². The van der Waals surface area contributed by atoms with Gasteiger partial charge in [0.1, 0.15) is 5.82 Å². The van der Waals surface area contributed by atoms with E-state index in [-0.39, 0.29) is 0 Å². The number of nitrogens with zero attached hydrogens (tertiary/aromatic N) is 1. The molecule has 5 heteroatoms. The first-order chi connectivity index (χ1) is 8.63. The Morgan fingerprint density at radius 1 is 1.50 bits per heavy atom. The number of hydrogen-bond acceptors (Lipinski definition) is 4. The molecule has 0 spiro atoms. The fourth-order valence-electron chi connectivity index (χ4n) is 2.57. The van der Waals surface area contributed by atoms with Crippen molar-refractivity contribution in [2.45, 2.75) is 26.2 Å². The summed E-state index contributed by atoms with van der Waals surface area (Å²) in [6.45, 7) is 3.13. The lowest BCUT2D eigenvalue weighted by Gasteiger charge is -2.19. The molecule has 4 N–H and O–H groups in total. The first-order valence-electron chi connectivity index (χ1n) is 6.38. The molecule has 0 bridgehead atoms. The van der Waals surface area contributed by atoms with Gasteiger partial charge in [0.25, 0.3) is 0 Å². The molecule has 0 aromatic carbocycles. The van der Waals surface area contributed by atoms with Gasteiger partial charge in [-0.3, -0.25) is 0 Å². The maximum absolute atomic E-state index is 9.30. The van der Waals surface area contributed by atoms with Crippen molar-refractivity contribution in [3.63, 3.8) is 0 Å². The molecule has 100 valence electrons. The fraction of sp³-hybridized carbons (Fsp3) is 0.615. The summed E-state index contributed by atoms with van der Waals surface area (Å²) in [4.78, 5) is 4.30. The van der Waals surface area contributed by atoms with Crippen LogP contribution in [-0.4, -0.2) is 23.2 Å². The van der Waals surface area contributed by atoms with Crippen molar-refractivity contribution in [3.8, 4) is 0 Å². The first kappa shape index (κ1) is 13.6. The number of aromatic nitrogens is 1. The van der Waals surface area contributed by atoms with Crippen LogP contribution in [0.5, 0.6) is 0 Å². The molecule has 2 atom stereocenters. The van der Waals surface area contributed by atoms with Gasteiger partial charge in [0.2, 0.25) is 0 Å². The average molecular weight is 314 g/mol. The molecule has 1 saturated carbocycles. The number of rotatable bonds is 4. The van der Waals surface area contributed by atoms with E-state index in [4.69, 9.17) is 5.73 Å². The van der Waals surface area contributed by atoms with Gasteiger partial charge in [-0.05, 0) is 53.1 Å². The maximum atomic E-state index is 9.30. The molecule has 2 unspecified atom stereocenters. The molecule has 1 aliphatic carbocycles. The van der Waals surface area contributed by atoms with Gasteiger partial charge < -0.3 is 16.2 Å². The van der Waals surface area contributed by atoms with E-state index in [1.165, 1.54) is 12.8 Å². The molecule has 0 amide bonds. The number of anilines is 2. The highest BCUT2D eigenvalue weighted by atomic mass is 79.9. The zero-order chi connectivity index (χ0) is 13.1. The molecule has 1 aliphatic rings. The average Bonchev–Trinajstić information content (AvgIpc) is 2.82. The number of nitrogens with two attached hydrogens (primary N) is 1. The van der Waals surface area contributed by atoms with E-state index in [1.807, 2.05) is 6.92 Å². The highest BCUT2D eigenvalue weighted by Crippen LogP contribution is 2.33. The van der Waals surface area contributed by atoms with E-state index in [9.17, 15) is 5.11 Å². The zero-order valence-electron chi connectivity index (χ0n) is 10.6. The maximum Gasteiger partial charge on any atom is 0.140 e. The molecule has 2 rings (SSSR count). The highest BCUT2D eigenvalue weighted by molar-refractivity contribution is 9.10. The highest BCUT2D eigenvalue weighted by Gasteiger charge is 2.26. The molecule has 1 fully saturated rings. The lowest BCUT2D eigenvalue weighted by Crippen LogP contribution is -2.21. The van der Waals surface area contributed by atoms with Crippen molar-refractivity contribution in [2.24, 2.45) is 11.8 Å². The first-order valence-corrected chi connectivity index (χ1v) is 7.18. The van der Waals surface area contributed by atoms with Crippen LogP contribution in [0.3, 0.4) is 0 Å². The molecule has 1 aromatic heterocycles. The number of pyridine rings is 1. The van der Waals surface area contributed by atoms with Crippen LogP contribution in [0.1, 0.15) is 24.8 Å². The van der Waals surface area contributed by atoms with Gasteiger partial charge in [0.15, 0.2) is 0 Å². The Bertz CT molecular complexity index is 425. The minimum absolute atomic E-state index is 0.293. The SMILES string of the molecule is Cc1c(N)cnc(NCC2CCCC2CO)c1Br. The quantitative estimate of drug-likeness (QED) is 0.799. The smallest absolute Gasteiger partial charge is 0.140 e. The Balaban J connectivity index is 2.00. The van der Waals surface area contributed by atoms with Crippen molar-refractivity contribution in [2.75, 3.05) is 24.2 Å². The van der Waals surface area contributed by atoms with Gasteiger partial charge in [0.05, 0.1) is 16.4 Å². The van der Waals surface area contributed by atoms with Gasteiger partial charge in [-0.15, -0.1) is 0 Å². The van der Waals surface area contributed by atoms with Crippen LogP contribution in [0.4, 0.5) is 11.5 Å². The van der Waals surface area contributed by atoms with Crippen LogP contribution >= 0.6 is 15.9 Å². The summed E-state index contributed by atoms with van der Waals surface area (Å²) in [6.07, 6.45) is 5.22. The van der Waals surface area contributed by atoms with Crippen molar-refractivity contribution in [3.05, 3.63) is 16.2 Å². The Kier molecular flexibility index (Phi) is 4.45. The summed E-state index contributed by atoms with van der Waals surface area (Å²) in [7, 11) is 0. The summed E-state index contributed by atoms with van der Waals surface area (Å²) in [6, 6.07) is 0. The molecule has 4 nitrogen and oxygen atoms in total. The molecule has 0 aliphatic heterocycles. The van der Waals surface area contributed by atoms with E-state index in [1.54, 1.807) is 6.20 Å². The summed E-state index contributed by atoms with van der Waals surface area (Å²) in [5, 5.41) is 12.7. The van der Waals surface area contributed by atoms with E-state index < -0.39 is 0 Å². The third-order valence-corrected chi connectivity index (χ3v) is 4.86. The Morgan fingerprint density at radius 3 is 2.94 bits per heavy atom. The third-order valence-electron chi connectivity index (χ3n) is 3.89. The van der Waals surface area contributed by atoms with Crippen molar-refractivity contribution >= 4 is 27.4 Å². The molecule has 1 heterocycles. The van der Waals surface area contributed by atoms with Gasteiger partial charge in [-0.1, -0.05) is 6.42 Å². The second kappa shape index (κ2) is 5.89. The van der Waals surface area contributed by atoms with Crippen molar-refractivity contribution in [1.82, 2.24) is 4.98 Å². The molecule has 1 aromatic rings. The van der Waals surface area contributed by atoms with Crippen molar-refractivity contribution in [1.29, 1.82) is 0 Å². The summed E-state index contributed by atoms with van der Waals surface area (Å²) in [5.41, 5.74) is 7.51. The second-order valence-corrected chi connectivity index (χ2v) is 5.81. The minimum Gasteiger partial charge on any atom is -0.397 e. The van der Waals surface area contributed by atoms with Gasteiger partial charge in [0, 0.05) is 13.2 Å². The molecular formula is C13H20BrN3O. The number of halogens is 1. The third kappa shape index (κ3) is 2.78. The van der Waals surface area contributed by atoms with Crippen molar-refractivity contribution < 1.29 is 5.11 Å². The van der Waals surface area contributed by atoms with Crippen LogP contribution in [-0.2, 0) is 0 Å². The van der Waals surface area contributed by atoms with Crippen LogP contribution in [0, 0.1) is 18.8 Å². The second-order valence-electron chi connectivity index (χ2n) is 5.02. The van der Waals surface area contributed by atoms with Crippen LogP contribution in [0.2, 0.25) is 0 Å². The molecule has 18 heavy (non-hydrogen) atoms. The number of aliphatic hydroxyl groups excluding tert-OH is 1. The van der Waals surface area contributed by atoms with Gasteiger partial charge in [-0.25, -0.2) is 4.98 Å². The number of aliphatic hydroxyl groups is 1. The molecule has 0 saturated heterocycles. The summed E-state index contributed by atoms with van der Waals surface area (Å²) < 4.78 is 0.932. The Hall–Kier alpha value is -0.810. The predicted molar refractivity (Wildman–Crippen MR) is 77.5 cm³/mol. The summed E-state index contributed by atoms with van der Waals surface area (Å²) >= 11 is 3.52. The Morgan fingerprint density at radius 2 is 2.22 bits per heavy atom. The monoisotopic (exact) mass is 313 g/mol. The van der Waals surface area contributed by atoms with E-state index in [0.29, 0.717) is 24.1 Å².